The molecule has 0 saturated carbocycles. The molecule has 0 amide bonds. The summed E-state index contributed by atoms with van der Waals surface area (Å²) in [6.07, 6.45) is 0.817. The zero-order valence-corrected chi connectivity index (χ0v) is 13.9. The van der Waals surface area contributed by atoms with Crippen LogP contribution in [0.5, 0.6) is 0 Å². The molecule has 2 rings (SSSR count). The Morgan fingerprint density at radius 2 is 2.20 bits per heavy atom. The number of rotatable bonds is 6. The lowest BCUT2D eigenvalue weighted by molar-refractivity contribution is 0.684. The first kappa shape index (κ1) is 15.8. The van der Waals surface area contributed by atoms with E-state index < -0.39 is 10.8 Å². The van der Waals surface area contributed by atoms with Crippen molar-refractivity contribution in [3.05, 3.63) is 34.1 Å². The van der Waals surface area contributed by atoms with Gasteiger partial charge in [0.05, 0.1) is 20.7 Å². The van der Waals surface area contributed by atoms with E-state index in [4.69, 9.17) is 23.2 Å². The Balaban J connectivity index is 1.90. The number of aryl methyl sites for hydroxylation is 1. The molecule has 0 aliphatic heterocycles. The van der Waals surface area contributed by atoms with Gasteiger partial charge in [0.2, 0.25) is 5.16 Å². The normalized spacial score (nSPS) is 12.6. The summed E-state index contributed by atoms with van der Waals surface area (Å²) in [5, 5.41) is 8.60. The van der Waals surface area contributed by atoms with Crippen molar-refractivity contribution < 1.29 is 4.21 Å². The number of halogens is 2. The highest BCUT2D eigenvalue weighted by molar-refractivity contribution is 8.00. The molecule has 1 atom stereocenters. The molecule has 8 heteroatoms. The van der Waals surface area contributed by atoms with Crippen LogP contribution < -0.4 is 0 Å². The van der Waals surface area contributed by atoms with Gasteiger partial charge >= 0.3 is 0 Å². The average molecular weight is 350 g/mol. The fraction of sp³-hybridized carbons (Fsp3) is 0.333. The maximum Gasteiger partial charge on any atom is 0.208 e. The van der Waals surface area contributed by atoms with Crippen LogP contribution in [0.4, 0.5) is 0 Å². The van der Waals surface area contributed by atoms with Crippen LogP contribution in [0.15, 0.2) is 28.3 Å². The predicted molar refractivity (Wildman–Crippen MR) is 84.2 cm³/mol. The first-order valence-corrected chi connectivity index (χ1v) is 9.03. The zero-order chi connectivity index (χ0) is 14.5. The second kappa shape index (κ2) is 7.45. The molecule has 0 fully saturated rings. The van der Waals surface area contributed by atoms with Crippen LogP contribution in [0.1, 0.15) is 12.7 Å². The zero-order valence-electron chi connectivity index (χ0n) is 10.7. The number of thioether (sulfide) groups is 1. The minimum Gasteiger partial charge on any atom is -0.262 e. The molecular weight excluding hydrogens is 337 g/mol. The number of aromatic amines is 1. The van der Waals surface area contributed by atoms with Crippen LogP contribution in [-0.2, 0) is 17.2 Å². The van der Waals surface area contributed by atoms with Gasteiger partial charge in [-0.15, -0.1) is 5.10 Å². The smallest absolute Gasteiger partial charge is 0.208 e. The molecule has 0 radical (unpaired) electrons. The van der Waals surface area contributed by atoms with Crippen molar-refractivity contribution in [1.29, 1.82) is 0 Å². The molecule has 4 nitrogen and oxygen atoms in total. The van der Waals surface area contributed by atoms with Crippen molar-refractivity contribution in [2.24, 2.45) is 0 Å². The number of H-pyrrole nitrogens is 1. The molecule has 2 aromatic rings. The Morgan fingerprint density at radius 3 is 2.90 bits per heavy atom. The first-order valence-electron chi connectivity index (χ1n) is 5.97. The van der Waals surface area contributed by atoms with E-state index in [9.17, 15) is 4.21 Å². The van der Waals surface area contributed by atoms with E-state index in [1.54, 1.807) is 18.2 Å². The van der Waals surface area contributed by atoms with Gasteiger partial charge in [-0.25, -0.2) is 4.98 Å². The standard InChI is InChI=1S/C12H13Cl2N3OS2/c1-2-11-15-12(17-16-11)19-5-6-20(18)10-7-8(13)3-4-9(10)14/h3-4,7H,2,5-6H2,1H3,(H,15,16,17)/t20-/m1/s1. The topological polar surface area (TPSA) is 58.6 Å². The van der Waals surface area contributed by atoms with Crippen LogP contribution in [0.3, 0.4) is 0 Å². The molecule has 1 aromatic carbocycles. The molecule has 0 spiro atoms. The maximum atomic E-state index is 12.2. The number of nitrogens with one attached hydrogen (secondary N) is 1. The van der Waals surface area contributed by atoms with Crippen LogP contribution in [0, 0.1) is 0 Å². The van der Waals surface area contributed by atoms with Crippen molar-refractivity contribution in [3.63, 3.8) is 0 Å². The van der Waals surface area contributed by atoms with E-state index >= 15 is 0 Å². The SMILES string of the molecule is CCc1nc(SCC[S@@](=O)c2cc(Cl)ccc2Cl)n[nH]1. The van der Waals surface area contributed by atoms with E-state index in [0.29, 0.717) is 31.6 Å². The van der Waals surface area contributed by atoms with Crippen molar-refractivity contribution in [3.8, 4) is 0 Å². The summed E-state index contributed by atoms with van der Waals surface area (Å²) < 4.78 is 12.2. The lowest BCUT2D eigenvalue weighted by Gasteiger charge is -2.04. The molecule has 0 aliphatic rings. The second-order valence-electron chi connectivity index (χ2n) is 3.89. The summed E-state index contributed by atoms with van der Waals surface area (Å²) in [5.74, 6) is 1.98. The molecule has 0 bridgehead atoms. The molecule has 0 aliphatic carbocycles. The van der Waals surface area contributed by atoms with E-state index in [0.717, 1.165) is 12.2 Å². The molecule has 20 heavy (non-hydrogen) atoms. The summed E-state index contributed by atoms with van der Waals surface area (Å²) in [4.78, 5) is 4.85. The third kappa shape index (κ3) is 4.22. The van der Waals surface area contributed by atoms with Crippen LogP contribution in [0.2, 0.25) is 10.0 Å². The molecule has 0 unspecified atom stereocenters. The fourth-order valence-electron chi connectivity index (χ4n) is 1.47. The minimum absolute atomic E-state index is 0.473. The lowest BCUT2D eigenvalue weighted by atomic mass is 10.4. The third-order valence-corrected chi connectivity index (χ3v) is 5.67. The van der Waals surface area contributed by atoms with E-state index in [1.807, 2.05) is 6.92 Å². The minimum atomic E-state index is -1.18. The number of hydrogen-bond acceptors (Lipinski definition) is 4. The largest absolute Gasteiger partial charge is 0.262 e. The van der Waals surface area contributed by atoms with Crippen molar-refractivity contribution in [2.75, 3.05) is 11.5 Å². The number of nitrogens with zero attached hydrogens (tertiary/aromatic N) is 2. The molecule has 108 valence electrons. The van der Waals surface area contributed by atoms with Crippen LogP contribution in [-0.4, -0.2) is 30.9 Å². The summed E-state index contributed by atoms with van der Waals surface area (Å²) in [6, 6.07) is 4.99. The number of benzene rings is 1. The van der Waals surface area contributed by atoms with Crippen molar-refractivity contribution in [2.45, 2.75) is 23.4 Å². The maximum absolute atomic E-state index is 12.2. The third-order valence-electron chi connectivity index (χ3n) is 2.48. The Kier molecular flexibility index (Phi) is 5.89. The molecule has 1 aromatic heterocycles. The van der Waals surface area contributed by atoms with Gasteiger partial charge in [0, 0.05) is 22.9 Å². The van der Waals surface area contributed by atoms with Gasteiger partial charge in [-0.3, -0.25) is 9.31 Å². The highest BCUT2D eigenvalue weighted by Crippen LogP contribution is 2.24. The van der Waals surface area contributed by atoms with Crippen molar-refractivity contribution in [1.82, 2.24) is 15.2 Å². The van der Waals surface area contributed by atoms with Crippen LogP contribution in [0.25, 0.3) is 0 Å². The summed E-state index contributed by atoms with van der Waals surface area (Å²) in [5.41, 5.74) is 0. The number of hydrogen-bond donors (Lipinski definition) is 1. The quantitative estimate of drug-likeness (QED) is 0.809. The summed E-state index contributed by atoms with van der Waals surface area (Å²) in [7, 11) is -1.18. The van der Waals surface area contributed by atoms with Gasteiger partial charge in [0.15, 0.2) is 0 Å². The average Bonchev–Trinajstić information content (AvgIpc) is 2.89. The Hall–Kier alpha value is -0.560. The Morgan fingerprint density at radius 1 is 1.40 bits per heavy atom. The second-order valence-corrected chi connectivity index (χ2v) is 7.34. The Bertz CT molecular complexity index is 618. The van der Waals surface area contributed by atoms with Gasteiger partial charge < -0.3 is 0 Å². The van der Waals surface area contributed by atoms with E-state index in [1.165, 1.54) is 11.8 Å². The first-order chi connectivity index (χ1) is 9.60. The molecular formula is C12H13Cl2N3OS2. The molecule has 1 heterocycles. The lowest BCUT2D eigenvalue weighted by Crippen LogP contribution is -2.01. The van der Waals surface area contributed by atoms with Crippen molar-refractivity contribution >= 4 is 45.8 Å². The van der Waals surface area contributed by atoms with Gasteiger partial charge in [-0.05, 0) is 18.2 Å². The predicted octanol–water partition coefficient (Wildman–Crippen LogP) is 3.57. The molecule has 0 saturated heterocycles. The monoisotopic (exact) mass is 349 g/mol. The van der Waals surface area contributed by atoms with E-state index in [-0.39, 0.29) is 0 Å². The summed E-state index contributed by atoms with van der Waals surface area (Å²) in [6.45, 7) is 2.01. The van der Waals surface area contributed by atoms with Gasteiger partial charge in [0.25, 0.3) is 0 Å². The van der Waals surface area contributed by atoms with Gasteiger partial charge in [-0.1, -0.05) is 41.9 Å². The van der Waals surface area contributed by atoms with Crippen LogP contribution >= 0.6 is 35.0 Å². The molecule has 1 N–H and O–H groups in total. The Labute approximate surface area is 134 Å². The fourth-order valence-corrected chi connectivity index (χ4v) is 4.25. The highest BCUT2D eigenvalue weighted by atomic mass is 35.5. The van der Waals surface area contributed by atoms with Gasteiger partial charge in [-0.2, -0.15) is 0 Å². The summed E-state index contributed by atoms with van der Waals surface area (Å²) >= 11 is 13.4. The number of aromatic nitrogens is 3. The van der Waals surface area contributed by atoms with Gasteiger partial charge in [0.1, 0.15) is 5.82 Å². The highest BCUT2D eigenvalue weighted by Gasteiger charge is 2.10. The van der Waals surface area contributed by atoms with E-state index in [2.05, 4.69) is 15.2 Å².